The smallest absolute Gasteiger partial charge is 0.496 e. The van der Waals surface area contributed by atoms with Crippen LogP contribution in [0.1, 0.15) is 30.0 Å². The largest absolute Gasteiger partial charge is 0.573 e. The highest BCUT2D eigenvalue weighted by atomic mass is 19.4. The molecule has 36 heavy (non-hydrogen) atoms. The van der Waals surface area contributed by atoms with Gasteiger partial charge in [0.1, 0.15) is 17.1 Å². The van der Waals surface area contributed by atoms with Gasteiger partial charge in [0.05, 0.1) is 19.8 Å². The molecule has 1 fully saturated rings. The van der Waals surface area contributed by atoms with Crippen LogP contribution >= 0.6 is 0 Å². The number of carboxylic acids is 1. The summed E-state index contributed by atoms with van der Waals surface area (Å²) in [5.41, 5.74) is 1.90. The molecule has 1 saturated heterocycles. The molecule has 4 rings (SSSR count). The van der Waals surface area contributed by atoms with Gasteiger partial charge in [-0.25, -0.2) is 4.79 Å². The lowest BCUT2D eigenvalue weighted by Crippen LogP contribution is -2.47. The Kier molecular flexibility index (Phi) is 8.19. The normalized spacial score (nSPS) is 21.9. The van der Waals surface area contributed by atoms with Crippen LogP contribution in [0.5, 0.6) is 11.5 Å². The first-order chi connectivity index (χ1) is 16.8. The minimum absolute atomic E-state index is 0.0319. The van der Waals surface area contributed by atoms with E-state index in [0.29, 0.717) is 11.3 Å². The van der Waals surface area contributed by atoms with Gasteiger partial charge in [-0.1, -0.05) is 30.3 Å². The number of aliphatic carboxylic acids is 1. The summed E-state index contributed by atoms with van der Waals surface area (Å²) in [4.78, 5) is 8.90. The minimum Gasteiger partial charge on any atom is -0.496 e. The predicted molar refractivity (Wildman–Crippen MR) is 116 cm³/mol. The van der Waals surface area contributed by atoms with Crippen molar-refractivity contribution in [2.75, 3.05) is 20.3 Å². The molecule has 2 aromatic rings. The molecule has 196 valence electrons. The summed E-state index contributed by atoms with van der Waals surface area (Å²) in [7, 11) is 1.49. The predicted octanol–water partition coefficient (Wildman–Crippen LogP) is 5.50. The second-order valence-corrected chi connectivity index (χ2v) is 8.03. The number of carbonyl (C=O) groups is 1. The molecule has 6 nitrogen and oxygen atoms in total. The number of rotatable bonds is 4. The van der Waals surface area contributed by atoms with Crippen molar-refractivity contribution in [1.29, 1.82) is 0 Å². The molecule has 0 aromatic heterocycles. The van der Waals surface area contributed by atoms with E-state index in [1.165, 1.54) is 25.3 Å². The third-order valence-electron chi connectivity index (χ3n) is 5.62. The average Bonchev–Trinajstić information content (AvgIpc) is 3.22. The van der Waals surface area contributed by atoms with Crippen LogP contribution in [0, 0.1) is 0 Å². The third kappa shape index (κ3) is 6.70. The van der Waals surface area contributed by atoms with E-state index in [9.17, 15) is 26.3 Å². The maximum Gasteiger partial charge on any atom is 0.573 e. The summed E-state index contributed by atoms with van der Waals surface area (Å²) in [6, 6.07) is 14.1. The maximum absolute atomic E-state index is 12.7. The van der Waals surface area contributed by atoms with Crippen LogP contribution in [0.2, 0.25) is 0 Å². The molecule has 2 heterocycles. The van der Waals surface area contributed by atoms with Crippen LogP contribution in [0.3, 0.4) is 0 Å². The summed E-state index contributed by atoms with van der Waals surface area (Å²) < 4.78 is 85.5. The molecule has 0 bridgehead atoms. The van der Waals surface area contributed by atoms with Gasteiger partial charge < -0.3 is 24.6 Å². The third-order valence-corrected chi connectivity index (χ3v) is 5.62. The van der Waals surface area contributed by atoms with Crippen molar-refractivity contribution in [2.24, 2.45) is 0 Å². The first kappa shape index (κ1) is 27.3. The molecular formula is C24H23F6NO5. The van der Waals surface area contributed by atoms with Crippen LogP contribution in [0.25, 0.3) is 5.57 Å². The number of ether oxygens (including phenoxy) is 3. The molecule has 0 saturated carbocycles. The van der Waals surface area contributed by atoms with Gasteiger partial charge in [-0.2, -0.15) is 13.2 Å². The topological polar surface area (TPSA) is 77.0 Å². The zero-order valence-corrected chi connectivity index (χ0v) is 18.9. The van der Waals surface area contributed by atoms with Crippen LogP contribution in [-0.2, 0) is 9.53 Å². The highest BCUT2D eigenvalue weighted by Gasteiger charge is 2.45. The van der Waals surface area contributed by atoms with Crippen LogP contribution in [0.4, 0.5) is 26.3 Å². The SMILES string of the molecule is COc1ccc(OC(F)(F)F)cc1C1=C[C@@]2(CCCN[C@H]2c2ccccc2)OC1.O=C(O)C(F)(F)F. The lowest BCUT2D eigenvalue weighted by Gasteiger charge is -2.40. The average molecular weight is 519 g/mol. The second kappa shape index (κ2) is 10.8. The van der Waals surface area contributed by atoms with E-state index in [2.05, 4.69) is 22.2 Å². The van der Waals surface area contributed by atoms with Gasteiger partial charge in [-0.05, 0) is 54.8 Å². The second-order valence-electron chi connectivity index (χ2n) is 8.03. The lowest BCUT2D eigenvalue weighted by molar-refractivity contribution is -0.274. The molecule has 2 aliphatic heterocycles. The van der Waals surface area contributed by atoms with Gasteiger partial charge in [0.2, 0.25) is 0 Å². The Balaban J connectivity index is 0.000000454. The maximum atomic E-state index is 12.7. The molecule has 2 aromatic carbocycles. The Bertz CT molecular complexity index is 1090. The summed E-state index contributed by atoms with van der Waals surface area (Å²) in [5, 5.41) is 10.7. The molecule has 0 amide bonds. The summed E-state index contributed by atoms with van der Waals surface area (Å²) in [6.07, 6.45) is -6.03. The number of benzene rings is 2. The quantitative estimate of drug-likeness (QED) is 0.520. The van der Waals surface area contributed by atoms with Crippen molar-refractivity contribution in [1.82, 2.24) is 5.32 Å². The molecule has 0 unspecified atom stereocenters. The fourth-order valence-corrected chi connectivity index (χ4v) is 4.17. The molecule has 2 N–H and O–H groups in total. The van der Waals surface area contributed by atoms with Crippen LogP contribution in [-0.4, -0.2) is 49.5 Å². The number of piperidine rings is 1. The lowest BCUT2D eigenvalue weighted by atomic mass is 9.81. The minimum atomic E-state index is -5.08. The van der Waals surface area contributed by atoms with Gasteiger partial charge in [-0.15, -0.1) is 13.2 Å². The Morgan fingerprint density at radius 3 is 2.36 bits per heavy atom. The number of hydrogen-bond donors (Lipinski definition) is 2. The molecular weight excluding hydrogens is 496 g/mol. The van der Waals surface area contributed by atoms with Gasteiger partial charge in [-0.3, -0.25) is 0 Å². The fourth-order valence-electron chi connectivity index (χ4n) is 4.17. The first-order valence-electron chi connectivity index (χ1n) is 10.7. The van der Waals surface area contributed by atoms with Crippen molar-refractivity contribution >= 4 is 11.5 Å². The highest BCUT2D eigenvalue weighted by molar-refractivity contribution is 5.75. The van der Waals surface area contributed by atoms with Crippen molar-refractivity contribution in [3.8, 4) is 11.5 Å². The van der Waals surface area contributed by atoms with Crippen molar-refractivity contribution < 1.29 is 50.5 Å². The number of methoxy groups -OCH3 is 1. The summed E-state index contributed by atoms with van der Waals surface area (Å²) >= 11 is 0. The molecule has 1 spiro atoms. The van der Waals surface area contributed by atoms with Gasteiger partial charge in [0, 0.05) is 5.56 Å². The molecule has 2 atom stereocenters. The zero-order valence-electron chi connectivity index (χ0n) is 18.9. The molecule has 12 heteroatoms. The van der Waals surface area contributed by atoms with E-state index in [1.54, 1.807) is 0 Å². The van der Waals surface area contributed by atoms with Gasteiger partial charge in [0.25, 0.3) is 0 Å². The molecule has 0 aliphatic carbocycles. The number of alkyl halides is 6. The van der Waals surface area contributed by atoms with E-state index in [4.69, 9.17) is 19.4 Å². The van der Waals surface area contributed by atoms with Gasteiger partial charge >= 0.3 is 18.5 Å². The van der Waals surface area contributed by atoms with Crippen LogP contribution < -0.4 is 14.8 Å². The van der Waals surface area contributed by atoms with Crippen molar-refractivity contribution in [3.05, 3.63) is 65.7 Å². The monoisotopic (exact) mass is 519 g/mol. The Morgan fingerprint density at radius 1 is 1.11 bits per heavy atom. The number of halogens is 6. The van der Waals surface area contributed by atoms with Crippen molar-refractivity contribution in [2.45, 2.75) is 37.0 Å². The van der Waals surface area contributed by atoms with Crippen LogP contribution in [0.15, 0.2) is 54.6 Å². The standard InChI is InChI=1S/C22H22F3NO3.C2HF3O2/c1-27-19-9-8-17(29-22(23,24)25)12-18(19)16-13-21(28-14-16)10-5-11-26-20(21)15-6-3-2-4-7-15;3-2(4,5)1(6)7/h2-4,6-9,12-13,20,26H,5,10-11,14H2,1H3;(H,6,7)/t20-,21+;/m0./s1. The Labute approximate surface area is 202 Å². The van der Waals surface area contributed by atoms with E-state index in [1.807, 2.05) is 24.3 Å². The van der Waals surface area contributed by atoms with E-state index in [0.717, 1.165) is 30.5 Å². The van der Waals surface area contributed by atoms with E-state index >= 15 is 0 Å². The number of hydrogen-bond acceptors (Lipinski definition) is 5. The first-order valence-corrected chi connectivity index (χ1v) is 10.7. The van der Waals surface area contributed by atoms with E-state index < -0.39 is 24.1 Å². The van der Waals surface area contributed by atoms with Crippen molar-refractivity contribution in [3.63, 3.8) is 0 Å². The summed E-state index contributed by atoms with van der Waals surface area (Å²) in [5.74, 6) is -2.56. The highest BCUT2D eigenvalue weighted by Crippen LogP contribution is 2.45. The Hall–Kier alpha value is -3.25. The summed E-state index contributed by atoms with van der Waals surface area (Å²) in [6.45, 7) is 1.17. The molecule has 2 aliphatic rings. The zero-order chi connectivity index (χ0) is 26.6. The molecule has 0 radical (unpaired) electrons. The number of nitrogens with one attached hydrogen (secondary N) is 1. The van der Waals surface area contributed by atoms with E-state index in [-0.39, 0.29) is 18.4 Å². The van der Waals surface area contributed by atoms with Gasteiger partial charge in [0.15, 0.2) is 0 Å². The number of carboxylic acid groups (broad SMARTS) is 1. The Morgan fingerprint density at radius 2 is 1.78 bits per heavy atom. The fraction of sp³-hybridized carbons (Fsp3) is 0.375.